The van der Waals surface area contributed by atoms with Crippen molar-refractivity contribution in [1.82, 2.24) is 0 Å². The highest BCUT2D eigenvalue weighted by molar-refractivity contribution is 5.56. The van der Waals surface area contributed by atoms with Crippen molar-refractivity contribution < 1.29 is 14.6 Å². The predicted molar refractivity (Wildman–Crippen MR) is 35.6 cm³/mol. The molecule has 0 bridgehead atoms. The van der Waals surface area contributed by atoms with Gasteiger partial charge in [-0.05, 0) is 6.42 Å². The van der Waals surface area contributed by atoms with Crippen LogP contribution in [0.5, 0.6) is 0 Å². The van der Waals surface area contributed by atoms with E-state index in [-0.39, 0.29) is 0 Å². The second-order valence-corrected chi connectivity index (χ2v) is 1.38. The number of rotatable bonds is 1. The van der Waals surface area contributed by atoms with Gasteiger partial charge in [-0.2, -0.15) is 5.26 Å². The molecular weight excluding hydrogens is 134 g/mol. The Hall–Kier alpha value is -1.24. The standard InChI is InChI=1S/C4H7N.C2H4O3/c1-2-3-4-5;1-5-2(3)4/h2-3H2,1H3;1H3,(H,3,4). The van der Waals surface area contributed by atoms with Crippen LogP contribution < -0.4 is 0 Å². The molecule has 0 aromatic heterocycles. The zero-order chi connectivity index (χ0) is 8.41. The maximum atomic E-state index is 9.15. The minimum absolute atomic E-state index is 0.694. The molecule has 10 heavy (non-hydrogen) atoms. The van der Waals surface area contributed by atoms with E-state index in [9.17, 15) is 0 Å². The maximum Gasteiger partial charge on any atom is 0.505 e. The van der Waals surface area contributed by atoms with E-state index in [1.54, 1.807) is 0 Å². The molecule has 4 heteroatoms. The molecule has 0 spiro atoms. The molecule has 0 saturated carbocycles. The van der Waals surface area contributed by atoms with E-state index >= 15 is 0 Å². The third-order valence-electron chi connectivity index (χ3n) is 0.536. The minimum Gasteiger partial charge on any atom is -0.450 e. The molecular formula is C6H11NO3. The van der Waals surface area contributed by atoms with E-state index in [0.717, 1.165) is 13.5 Å². The molecule has 0 aromatic carbocycles. The Kier molecular flexibility index (Phi) is 12.3. The average molecular weight is 145 g/mol. The van der Waals surface area contributed by atoms with E-state index in [0.29, 0.717) is 6.42 Å². The van der Waals surface area contributed by atoms with Crippen LogP contribution in [0, 0.1) is 11.3 Å². The summed E-state index contributed by atoms with van der Waals surface area (Å²) in [4.78, 5) is 9.15. The largest absolute Gasteiger partial charge is 0.505 e. The highest BCUT2D eigenvalue weighted by atomic mass is 16.6. The normalized spacial score (nSPS) is 6.50. The zero-order valence-electron chi connectivity index (χ0n) is 6.13. The lowest BCUT2D eigenvalue weighted by atomic mass is 10.4. The number of ether oxygens (including phenoxy) is 1. The van der Waals surface area contributed by atoms with Gasteiger partial charge in [0, 0.05) is 6.42 Å². The van der Waals surface area contributed by atoms with Crippen molar-refractivity contribution in [1.29, 1.82) is 5.26 Å². The van der Waals surface area contributed by atoms with Crippen LogP contribution in [0.25, 0.3) is 0 Å². The number of unbranched alkanes of at least 4 members (excludes halogenated alkanes) is 1. The van der Waals surface area contributed by atoms with E-state index in [1.165, 1.54) is 0 Å². The third-order valence-corrected chi connectivity index (χ3v) is 0.536. The fraction of sp³-hybridized carbons (Fsp3) is 0.667. The minimum atomic E-state index is -1.25. The Labute approximate surface area is 60.0 Å². The molecule has 1 N–H and O–H groups in total. The van der Waals surface area contributed by atoms with Crippen molar-refractivity contribution in [2.75, 3.05) is 7.11 Å². The Morgan fingerprint density at radius 3 is 2.20 bits per heavy atom. The number of nitrogens with zero attached hydrogens (tertiary/aromatic N) is 1. The Morgan fingerprint density at radius 2 is 2.20 bits per heavy atom. The van der Waals surface area contributed by atoms with Crippen molar-refractivity contribution in [3.8, 4) is 6.07 Å². The molecule has 0 saturated heterocycles. The first-order chi connectivity index (χ1) is 4.68. The summed E-state index contributed by atoms with van der Waals surface area (Å²) in [5.41, 5.74) is 0. The summed E-state index contributed by atoms with van der Waals surface area (Å²) >= 11 is 0. The summed E-state index contributed by atoms with van der Waals surface area (Å²) in [6.45, 7) is 1.99. The highest BCUT2D eigenvalue weighted by Gasteiger charge is 1.80. The Morgan fingerprint density at radius 1 is 1.80 bits per heavy atom. The van der Waals surface area contributed by atoms with Crippen molar-refractivity contribution in [2.45, 2.75) is 19.8 Å². The molecule has 0 radical (unpaired) electrons. The van der Waals surface area contributed by atoms with Crippen LogP contribution >= 0.6 is 0 Å². The zero-order valence-corrected chi connectivity index (χ0v) is 6.13. The summed E-state index contributed by atoms with van der Waals surface area (Å²) in [7, 11) is 1.10. The number of methoxy groups -OCH3 is 1. The van der Waals surface area contributed by atoms with Crippen LogP contribution in [0.3, 0.4) is 0 Å². The van der Waals surface area contributed by atoms with E-state index < -0.39 is 6.16 Å². The van der Waals surface area contributed by atoms with Crippen molar-refractivity contribution in [3.05, 3.63) is 0 Å². The first-order valence-electron chi connectivity index (χ1n) is 2.82. The van der Waals surface area contributed by atoms with Gasteiger partial charge in [-0.1, -0.05) is 6.92 Å². The smallest absolute Gasteiger partial charge is 0.450 e. The molecule has 4 nitrogen and oxygen atoms in total. The van der Waals surface area contributed by atoms with Gasteiger partial charge in [0.1, 0.15) is 0 Å². The van der Waals surface area contributed by atoms with Gasteiger partial charge in [0.05, 0.1) is 13.2 Å². The van der Waals surface area contributed by atoms with Crippen LogP contribution in [0.2, 0.25) is 0 Å². The molecule has 58 valence electrons. The average Bonchev–Trinajstić information content (AvgIpc) is 1.91. The topological polar surface area (TPSA) is 70.3 Å². The van der Waals surface area contributed by atoms with Crippen molar-refractivity contribution in [2.24, 2.45) is 0 Å². The lowest BCUT2D eigenvalue weighted by molar-refractivity contribution is 0.114. The van der Waals surface area contributed by atoms with Crippen LogP contribution in [0.15, 0.2) is 0 Å². The summed E-state index contributed by atoms with van der Waals surface area (Å²) in [6.07, 6.45) is 0.432. The van der Waals surface area contributed by atoms with Crippen LogP contribution in [0.1, 0.15) is 19.8 Å². The Balaban J connectivity index is 0. The number of hydrogen-bond donors (Lipinski definition) is 1. The van der Waals surface area contributed by atoms with Crippen molar-refractivity contribution in [3.63, 3.8) is 0 Å². The molecule has 0 aromatic rings. The fourth-order valence-electron chi connectivity index (χ4n) is 0.112. The monoisotopic (exact) mass is 145 g/mol. The fourth-order valence-corrected chi connectivity index (χ4v) is 0.112. The molecule has 0 amide bonds. The first-order valence-corrected chi connectivity index (χ1v) is 2.82. The molecule has 0 heterocycles. The summed E-state index contributed by atoms with van der Waals surface area (Å²) in [5, 5.41) is 15.3. The van der Waals surface area contributed by atoms with Crippen LogP contribution in [-0.4, -0.2) is 18.4 Å². The van der Waals surface area contributed by atoms with E-state index in [4.69, 9.17) is 15.2 Å². The number of nitriles is 1. The van der Waals surface area contributed by atoms with Crippen LogP contribution in [0.4, 0.5) is 4.79 Å². The van der Waals surface area contributed by atoms with Gasteiger partial charge in [0.25, 0.3) is 0 Å². The second kappa shape index (κ2) is 10.7. The van der Waals surface area contributed by atoms with Crippen LogP contribution in [-0.2, 0) is 4.74 Å². The quantitative estimate of drug-likeness (QED) is 0.569. The predicted octanol–water partition coefficient (Wildman–Crippen LogP) is 1.62. The van der Waals surface area contributed by atoms with E-state index in [1.807, 2.05) is 13.0 Å². The molecule has 0 aliphatic rings. The molecule has 0 fully saturated rings. The second-order valence-electron chi connectivity index (χ2n) is 1.38. The van der Waals surface area contributed by atoms with Gasteiger partial charge in [-0.3, -0.25) is 0 Å². The molecule has 0 atom stereocenters. The number of carbonyl (C=O) groups is 1. The lowest BCUT2D eigenvalue weighted by Gasteiger charge is -1.79. The number of hydrogen-bond acceptors (Lipinski definition) is 3. The highest BCUT2D eigenvalue weighted by Crippen LogP contribution is 1.77. The van der Waals surface area contributed by atoms with Crippen molar-refractivity contribution >= 4 is 6.16 Å². The summed E-state index contributed by atoms with van der Waals surface area (Å²) in [5.74, 6) is 0. The molecule has 0 aliphatic heterocycles. The molecule has 0 aliphatic carbocycles. The van der Waals surface area contributed by atoms with Gasteiger partial charge in [-0.25, -0.2) is 4.79 Å². The van der Waals surface area contributed by atoms with E-state index in [2.05, 4.69) is 4.74 Å². The number of carboxylic acid groups (broad SMARTS) is 1. The molecule has 0 rings (SSSR count). The maximum absolute atomic E-state index is 9.15. The van der Waals surface area contributed by atoms with Gasteiger partial charge >= 0.3 is 6.16 Å². The lowest BCUT2D eigenvalue weighted by Crippen LogP contribution is -1.91. The van der Waals surface area contributed by atoms with Gasteiger partial charge in [-0.15, -0.1) is 0 Å². The first kappa shape index (κ1) is 11.5. The molecule has 0 unspecified atom stereocenters. The van der Waals surface area contributed by atoms with Gasteiger partial charge < -0.3 is 9.84 Å². The van der Waals surface area contributed by atoms with Gasteiger partial charge in [0.15, 0.2) is 0 Å². The SMILES string of the molecule is CCCC#N.COC(=O)O. The summed E-state index contributed by atoms with van der Waals surface area (Å²) < 4.78 is 3.67. The summed E-state index contributed by atoms with van der Waals surface area (Å²) in [6, 6.07) is 2.02. The van der Waals surface area contributed by atoms with Gasteiger partial charge in [0.2, 0.25) is 0 Å². The Bertz CT molecular complexity index is 117. The third kappa shape index (κ3) is 29.4.